The molecule has 1 fully saturated rings. The Kier molecular flexibility index (Phi) is 10.9. The van der Waals surface area contributed by atoms with Crippen LogP contribution in [0.4, 0.5) is 0 Å². The number of hydrogen-bond acceptors (Lipinski definition) is 7. The summed E-state index contributed by atoms with van der Waals surface area (Å²) in [6.07, 6.45) is 3.96. The molecule has 0 radical (unpaired) electrons. The summed E-state index contributed by atoms with van der Waals surface area (Å²) < 4.78 is 21.3. The maximum atomic E-state index is 11.3. The fourth-order valence-corrected chi connectivity index (χ4v) is 2.90. The van der Waals surface area contributed by atoms with Crippen LogP contribution in [0.25, 0.3) is 0 Å². The van der Waals surface area contributed by atoms with Crippen molar-refractivity contribution < 1.29 is 28.6 Å². The fraction of sp³-hybridized carbons (Fsp3) is 0.632. The van der Waals surface area contributed by atoms with Crippen molar-refractivity contribution in [3.63, 3.8) is 0 Å². The van der Waals surface area contributed by atoms with Gasteiger partial charge in [0.25, 0.3) is 0 Å². The molecule has 2 rings (SSSR count). The summed E-state index contributed by atoms with van der Waals surface area (Å²) in [5, 5.41) is 1.62. The van der Waals surface area contributed by atoms with Crippen LogP contribution >= 0.6 is 0 Å². The van der Waals surface area contributed by atoms with Crippen LogP contribution in [0.3, 0.4) is 0 Å². The predicted molar refractivity (Wildman–Crippen MR) is 98.3 cm³/mol. The summed E-state index contributed by atoms with van der Waals surface area (Å²) in [4.78, 5) is 15.9. The molecule has 2 atom stereocenters. The van der Waals surface area contributed by atoms with Crippen LogP contribution in [0.15, 0.2) is 18.2 Å². The number of ether oxygens (including phenoxy) is 4. The maximum absolute atomic E-state index is 11.3. The number of methoxy groups -OCH3 is 2. The monoisotopic (exact) mass is 369 g/mol. The highest BCUT2D eigenvalue weighted by atomic mass is 16.7. The fourth-order valence-electron chi connectivity index (χ4n) is 2.90. The van der Waals surface area contributed by atoms with Crippen LogP contribution in [0.5, 0.6) is 11.5 Å². The second-order valence-corrected chi connectivity index (χ2v) is 6.10. The van der Waals surface area contributed by atoms with Crippen molar-refractivity contribution in [3.05, 3.63) is 23.8 Å². The van der Waals surface area contributed by atoms with Crippen molar-refractivity contribution in [1.29, 1.82) is 0 Å². The van der Waals surface area contributed by atoms with Gasteiger partial charge in [0.05, 0.1) is 7.11 Å². The largest absolute Gasteiger partial charge is 0.467 e. The van der Waals surface area contributed by atoms with E-state index in [0.29, 0.717) is 11.5 Å². The summed E-state index contributed by atoms with van der Waals surface area (Å²) in [7, 11) is 8.45. The van der Waals surface area contributed by atoms with Gasteiger partial charge in [0.1, 0.15) is 17.8 Å². The van der Waals surface area contributed by atoms with Crippen LogP contribution in [0, 0.1) is 5.92 Å². The van der Waals surface area contributed by atoms with Gasteiger partial charge in [-0.15, -0.1) is 0 Å². The normalized spacial score (nSPS) is 19.0. The molecule has 0 bridgehead atoms. The molecule has 148 valence electrons. The highest BCUT2D eigenvalue weighted by Gasteiger charge is 2.33. The zero-order valence-corrected chi connectivity index (χ0v) is 16.4. The predicted octanol–water partition coefficient (Wildman–Crippen LogP) is 2.84. The molecule has 1 aliphatic carbocycles. The van der Waals surface area contributed by atoms with Crippen molar-refractivity contribution in [2.45, 2.75) is 25.2 Å². The lowest BCUT2D eigenvalue weighted by Crippen LogP contribution is -2.13. The second kappa shape index (κ2) is 12.6. The lowest BCUT2D eigenvalue weighted by Gasteiger charge is -2.22. The third-order valence-electron chi connectivity index (χ3n) is 4.17. The van der Waals surface area contributed by atoms with E-state index in [4.69, 9.17) is 18.9 Å². The Morgan fingerprint density at radius 3 is 2.00 bits per heavy atom. The molecule has 1 saturated carbocycles. The third kappa shape index (κ3) is 6.92. The average molecular weight is 369 g/mol. The first-order valence-electron chi connectivity index (χ1n) is 8.62. The van der Waals surface area contributed by atoms with E-state index in [0.717, 1.165) is 31.1 Å². The number of benzene rings is 1. The minimum absolute atomic E-state index is 0.0159. The number of carbonyl (C=O) groups excluding carboxylic acids is 1. The zero-order valence-electron chi connectivity index (χ0n) is 16.4. The van der Waals surface area contributed by atoms with Crippen LogP contribution < -0.4 is 9.47 Å². The Labute approximate surface area is 156 Å². The van der Waals surface area contributed by atoms with E-state index < -0.39 is 0 Å². The third-order valence-corrected chi connectivity index (χ3v) is 4.17. The van der Waals surface area contributed by atoms with E-state index in [1.54, 1.807) is 26.4 Å². The molecule has 0 spiro atoms. The summed E-state index contributed by atoms with van der Waals surface area (Å²) >= 11 is 0. The second-order valence-electron chi connectivity index (χ2n) is 6.10. The Bertz CT molecular complexity index is 497. The minimum atomic E-state index is 0.0159. The molecule has 0 saturated heterocycles. The van der Waals surface area contributed by atoms with Crippen LogP contribution in [-0.2, 0) is 19.1 Å². The number of aldehydes is 1. The van der Waals surface area contributed by atoms with Gasteiger partial charge in [-0.2, -0.15) is 5.06 Å². The van der Waals surface area contributed by atoms with Gasteiger partial charge >= 0.3 is 0 Å². The number of nitrogens with zero attached hydrogens (tertiary/aromatic N) is 1. The van der Waals surface area contributed by atoms with Crippen molar-refractivity contribution in [2.75, 3.05) is 49.0 Å². The minimum Gasteiger partial charge on any atom is -0.467 e. The summed E-state index contributed by atoms with van der Waals surface area (Å²) in [6, 6.07) is 5.63. The molecule has 1 aromatic rings. The van der Waals surface area contributed by atoms with Crippen molar-refractivity contribution in [3.8, 4) is 11.5 Å². The smallest absolute Gasteiger partial charge is 0.188 e. The maximum Gasteiger partial charge on any atom is 0.188 e. The van der Waals surface area contributed by atoms with Gasteiger partial charge in [-0.05, 0) is 25.0 Å². The first kappa shape index (κ1) is 22.4. The van der Waals surface area contributed by atoms with Gasteiger partial charge in [-0.3, -0.25) is 0 Å². The number of hydrogen-bond donors (Lipinski definition) is 0. The lowest BCUT2D eigenvalue weighted by atomic mass is 9.88. The average Bonchev–Trinajstić information content (AvgIpc) is 3.13. The van der Waals surface area contributed by atoms with Gasteiger partial charge < -0.3 is 28.6 Å². The molecule has 2 unspecified atom stereocenters. The molecule has 7 heteroatoms. The molecule has 0 N–H and O–H groups in total. The van der Waals surface area contributed by atoms with E-state index in [1.165, 1.54) is 0 Å². The first-order valence-corrected chi connectivity index (χ1v) is 8.62. The molecule has 0 heterocycles. The van der Waals surface area contributed by atoms with Gasteiger partial charge in [0, 0.05) is 45.7 Å². The Hall–Kier alpha value is -1.67. The van der Waals surface area contributed by atoms with Crippen molar-refractivity contribution >= 4 is 6.29 Å². The number of carbonyl (C=O) groups is 1. The summed E-state index contributed by atoms with van der Waals surface area (Å²) in [5.74, 6) is 1.57. The Balaban J connectivity index is 0.000000597. The molecular weight excluding hydrogens is 338 g/mol. The van der Waals surface area contributed by atoms with Crippen LogP contribution in [0.1, 0.15) is 30.7 Å². The summed E-state index contributed by atoms with van der Waals surface area (Å²) in [5.41, 5.74) is 0.946. The quantitative estimate of drug-likeness (QED) is 0.377. The molecular formula is C19H31NO6. The Morgan fingerprint density at radius 1 is 1.04 bits per heavy atom. The van der Waals surface area contributed by atoms with E-state index in [2.05, 4.69) is 4.84 Å². The van der Waals surface area contributed by atoms with Gasteiger partial charge in [0.15, 0.2) is 13.6 Å². The molecule has 26 heavy (non-hydrogen) atoms. The molecule has 0 amide bonds. The van der Waals surface area contributed by atoms with Crippen molar-refractivity contribution in [1.82, 2.24) is 5.06 Å². The van der Waals surface area contributed by atoms with Crippen LogP contribution in [-0.4, -0.2) is 60.4 Å². The van der Waals surface area contributed by atoms with E-state index in [1.807, 2.05) is 32.3 Å². The van der Waals surface area contributed by atoms with E-state index >= 15 is 0 Å². The topological polar surface area (TPSA) is 66.5 Å². The van der Waals surface area contributed by atoms with Gasteiger partial charge in [-0.25, -0.2) is 0 Å². The highest BCUT2D eigenvalue weighted by Crippen LogP contribution is 2.46. The highest BCUT2D eigenvalue weighted by molar-refractivity contribution is 5.59. The van der Waals surface area contributed by atoms with E-state index in [-0.39, 0.29) is 25.4 Å². The van der Waals surface area contributed by atoms with Crippen molar-refractivity contribution in [2.24, 2.45) is 5.92 Å². The summed E-state index contributed by atoms with van der Waals surface area (Å²) in [6.45, 7) is 0.332. The van der Waals surface area contributed by atoms with Gasteiger partial charge in [-0.1, -0.05) is 12.5 Å². The SMILES string of the molecule is COCOc1cccc(OCOC)c1C1CCCC1C=O.CON(C)C. The number of rotatable bonds is 9. The zero-order chi connectivity index (χ0) is 19.4. The molecule has 1 aliphatic rings. The lowest BCUT2D eigenvalue weighted by molar-refractivity contribution is -0.111. The van der Waals surface area contributed by atoms with Gasteiger partial charge in [0.2, 0.25) is 0 Å². The molecule has 0 aliphatic heterocycles. The first-order chi connectivity index (χ1) is 12.6. The molecule has 1 aromatic carbocycles. The molecule has 0 aromatic heterocycles. The van der Waals surface area contributed by atoms with Crippen LogP contribution in [0.2, 0.25) is 0 Å². The Morgan fingerprint density at radius 2 is 1.58 bits per heavy atom. The standard InChI is InChI=1S/C16H22O5.C3H9NO/c1-18-10-20-14-7-4-8-15(21-11-19-2)16(14)13-6-3-5-12(13)9-17;1-4(2)5-3/h4,7-9,12-13H,3,5-6,10-11H2,1-2H3;1-3H3. The van der Waals surface area contributed by atoms with E-state index in [9.17, 15) is 4.79 Å². The molecule has 7 nitrogen and oxygen atoms in total. The number of hydroxylamine groups is 2.